The van der Waals surface area contributed by atoms with Gasteiger partial charge in [-0.3, -0.25) is 9.59 Å². The van der Waals surface area contributed by atoms with E-state index in [1.807, 2.05) is 29.0 Å². The Bertz CT molecular complexity index is 865. The fraction of sp³-hybridized carbons (Fsp3) is 0.0556. The van der Waals surface area contributed by atoms with E-state index in [0.29, 0.717) is 23.4 Å². The van der Waals surface area contributed by atoms with Crippen molar-refractivity contribution in [3.05, 3.63) is 83.9 Å². The first-order valence-corrected chi connectivity index (χ1v) is 7.27. The SMILES string of the molecule is O=C1c2ccccc2C(=O)N1c1ccccc1Cn1ccnc1. The lowest BCUT2D eigenvalue weighted by molar-refractivity contribution is 0.0926. The molecule has 0 N–H and O–H groups in total. The number of hydrogen-bond donors (Lipinski definition) is 0. The largest absolute Gasteiger partial charge is 0.333 e. The number of nitrogens with zero attached hydrogens (tertiary/aromatic N) is 3. The van der Waals surface area contributed by atoms with Crippen LogP contribution in [0.15, 0.2) is 67.3 Å². The van der Waals surface area contributed by atoms with Gasteiger partial charge in [-0.05, 0) is 23.8 Å². The van der Waals surface area contributed by atoms with Gasteiger partial charge < -0.3 is 4.57 Å². The maximum Gasteiger partial charge on any atom is 0.266 e. The molecule has 5 heteroatoms. The summed E-state index contributed by atoms with van der Waals surface area (Å²) in [4.78, 5) is 30.6. The van der Waals surface area contributed by atoms with Crippen LogP contribution in [-0.2, 0) is 6.54 Å². The van der Waals surface area contributed by atoms with Crippen LogP contribution in [0, 0.1) is 0 Å². The van der Waals surface area contributed by atoms with Crippen molar-refractivity contribution in [1.29, 1.82) is 0 Å². The maximum absolute atomic E-state index is 12.6. The van der Waals surface area contributed by atoms with Crippen LogP contribution < -0.4 is 4.90 Å². The van der Waals surface area contributed by atoms with E-state index in [1.54, 1.807) is 42.9 Å². The number of carbonyl (C=O) groups is 2. The summed E-state index contributed by atoms with van der Waals surface area (Å²) in [5, 5.41) is 0. The molecule has 0 fully saturated rings. The topological polar surface area (TPSA) is 55.2 Å². The van der Waals surface area contributed by atoms with E-state index in [9.17, 15) is 9.59 Å². The molecule has 0 aliphatic carbocycles. The summed E-state index contributed by atoms with van der Waals surface area (Å²) in [5.41, 5.74) is 2.41. The van der Waals surface area contributed by atoms with Gasteiger partial charge >= 0.3 is 0 Å². The summed E-state index contributed by atoms with van der Waals surface area (Å²) in [6.45, 7) is 0.545. The van der Waals surface area contributed by atoms with E-state index in [4.69, 9.17) is 0 Å². The van der Waals surface area contributed by atoms with Crippen LogP contribution in [0.3, 0.4) is 0 Å². The molecular formula is C18H13N3O2. The fourth-order valence-electron chi connectivity index (χ4n) is 2.85. The molecule has 0 saturated heterocycles. The second-order valence-electron chi connectivity index (χ2n) is 5.36. The molecule has 0 bridgehead atoms. The van der Waals surface area contributed by atoms with E-state index in [2.05, 4.69) is 4.98 Å². The third-order valence-electron chi connectivity index (χ3n) is 3.94. The van der Waals surface area contributed by atoms with E-state index in [0.717, 1.165) is 5.56 Å². The lowest BCUT2D eigenvalue weighted by Gasteiger charge is -2.18. The Morgan fingerprint density at radius 1 is 0.870 bits per heavy atom. The van der Waals surface area contributed by atoms with Crippen molar-refractivity contribution in [3.8, 4) is 0 Å². The fourth-order valence-corrected chi connectivity index (χ4v) is 2.85. The highest BCUT2D eigenvalue weighted by Crippen LogP contribution is 2.30. The minimum atomic E-state index is -0.274. The molecule has 0 atom stereocenters. The van der Waals surface area contributed by atoms with E-state index >= 15 is 0 Å². The van der Waals surface area contributed by atoms with Crippen molar-refractivity contribution < 1.29 is 9.59 Å². The van der Waals surface area contributed by atoms with Gasteiger partial charge in [0, 0.05) is 12.4 Å². The number of rotatable bonds is 3. The monoisotopic (exact) mass is 303 g/mol. The molecule has 1 aromatic heterocycles. The van der Waals surface area contributed by atoms with Gasteiger partial charge in [-0.25, -0.2) is 9.88 Å². The molecule has 0 spiro atoms. The number of imide groups is 1. The van der Waals surface area contributed by atoms with Crippen molar-refractivity contribution in [1.82, 2.24) is 9.55 Å². The van der Waals surface area contributed by atoms with Crippen molar-refractivity contribution in [3.63, 3.8) is 0 Å². The second kappa shape index (κ2) is 5.21. The summed E-state index contributed by atoms with van der Waals surface area (Å²) in [7, 11) is 0. The molecule has 3 aromatic rings. The minimum absolute atomic E-state index is 0.274. The Hall–Kier alpha value is -3.21. The van der Waals surface area contributed by atoms with E-state index in [-0.39, 0.29) is 11.8 Å². The lowest BCUT2D eigenvalue weighted by Crippen LogP contribution is -2.30. The number of carbonyl (C=O) groups excluding carboxylic acids is 2. The Morgan fingerprint density at radius 3 is 2.17 bits per heavy atom. The highest BCUT2D eigenvalue weighted by Gasteiger charge is 2.37. The summed E-state index contributed by atoms with van der Waals surface area (Å²) < 4.78 is 1.90. The Kier molecular flexibility index (Phi) is 3.05. The normalized spacial score (nSPS) is 13.5. The molecule has 0 radical (unpaired) electrons. The highest BCUT2D eigenvalue weighted by molar-refractivity contribution is 6.34. The van der Waals surface area contributed by atoms with Gasteiger partial charge in [0.2, 0.25) is 0 Å². The molecule has 2 heterocycles. The minimum Gasteiger partial charge on any atom is -0.333 e. The molecule has 1 aliphatic rings. The summed E-state index contributed by atoms with van der Waals surface area (Å²) in [5.74, 6) is -0.549. The first kappa shape index (κ1) is 13.5. The predicted octanol–water partition coefficient (Wildman–Crippen LogP) is 2.73. The zero-order chi connectivity index (χ0) is 15.8. The van der Waals surface area contributed by atoms with Gasteiger partial charge in [-0.1, -0.05) is 30.3 Å². The number of hydrogen-bond acceptors (Lipinski definition) is 3. The Labute approximate surface area is 132 Å². The van der Waals surface area contributed by atoms with Crippen LogP contribution in [0.5, 0.6) is 0 Å². The lowest BCUT2D eigenvalue weighted by atomic mass is 10.1. The summed E-state index contributed by atoms with van der Waals surface area (Å²) in [6.07, 6.45) is 5.25. The Morgan fingerprint density at radius 2 is 1.52 bits per heavy atom. The van der Waals surface area contributed by atoms with Crippen LogP contribution in [-0.4, -0.2) is 21.4 Å². The number of benzene rings is 2. The third kappa shape index (κ3) is 2.14. The molecule has 23 heavy (non-hydrogen) atoms. The number of anilines is 1. The van der Waals surface area contributed by atoms with Crippen molar-refractivity contribution in [2.24, 2.45) is 0 Å². The molecule has 1 aliphatic heterocycles. The van der Waals surface area contributed by atoms with Crippen molar-refractivity contribution >= 4 is 17.5 Å². The molecule has 5 nitrogen and oxygen atoms in total. The highest BCUT2D eigenvalue weighted by atomic mass is 16.2. The van der Waals surface area contributed by atoms with Gasteiger partial charge in [0.05, 0.1) is 29.7 Å². The van der Waals surface area contributed by atoms with Crippen LogP contribution in [0.25, 0.3) is 0 Å². The van der Waals surface area contributed by atoms with Crippen molar-refractivity contribution in [2.75, 3.05) is 4.90 Å². The molecule has 112 valence electrons. The van der Waals surface area contributed by atoms with Gasteiger partial charge in [-0.2, -0.15) is 0 Å². The summed E-state index contributed by atoms with van der Waals surface area (Å²) in [6, 6.07) is 14.4. The third-order valence-corrected chi connectivity index (χ3v) is 3.94. The molecule has 2 amide bonds. The molecule has 4 rings (SSSR count). The molecule has 0 unspecified atom stereocenters. The van der Waals surface area contributed by atoms with Gasteiger partial charge in [0.15, 0.2) is 0 Å². The van der Waals surface area contributed by atoms with Crippen molar-refractivity contribution in [2.45, 2.75) is 6.54 Å². The van der Waals surface area contributed by atoms with E-state index < -0.39 is 0 Å². The zero-order valence-corrected chi connectivity index (χ0v) is 12.2. The smallest absolute Gasteiger partial charge is 0.266 e. The average molecular weight is 303 g/mol. The Balaban J connectivity index is 1.78. The summed E-state index contributed by atoms with van der Waals surface area (Å²) >= 11 is 0. The molecule has 0 saturated carbocycles. The second-order valence-corrected chi connectivity index (χ2v) is 5.36. The van der Waals surface area contributed by atoms with Crippen LogP contribution in [0.2, 0.25) is 0 Å². The standard InChI is InChI=1S/C18H13N3O2/c22-17-14-6-2-3-7-15(14)18(23)21(17)16-8-4-1-5-13(16)11-20-10-9-19-12-20/h1-10,12H,11H2. The van der Waals surface area contributed by atoms with Gasteiger partial charge in [0.25, 0.3) is 11.8 Å². The first-order chi connectivity index (χ1) is 11.3. The maximum atomic E-state index is 12.6. The number of amides is 2. The number of para-hydroxylation sites is 1. The van der Waals surface area contributed by atoms with Crippen LogP contribution in [0.1, 0.15) is 26.3 Å². The first-order valence-electron chi connectivity index (χ1n) is 7.27. The number of aromatic nitrogens is 2. The van der Waals surface area contributed by atoms with E-state index in [1.165, 1.54) is 4.90 Å². The predicted molar refractivity (Wildman–Crippen MR) is 85.4 cm³/mol. The number of fused-ring (bicyclic) bond motifs is 1. The van der Waals surface area contributed by atoms with Crippen LogP contribution >= 0.6 is 0 Å². The van der Waals surface area contributed by atoms with Gasteiger partial charge in [0.1, 0.15) is 0 Å². The molecular weight excluding hydrogens is 290 g/mol. The number of imidazole rings is 1. The zero-order valence-electron chi connectivity index (χ0n) is 12.2. The average Bonchev–Trinajstić information content (AvgIpc) is 3.17. The quantitative estimate of drug-likeness (QED) is 0.699. The van der Waals surface area contributed by atoms with Gasteiger partial charge in [-0.15, -0.1) is 0 Å². The molecule has 2 aromatic carbocycles. The van der Waals surface area contributed by atoms with Crippen LogP contribution in [0.4, 0.5) is 5.69 Å².